The maximum atomic E-state index is 13.1. The SMILES string of the molecule is CC1CCN(S(=O)(=O)c2cccc(C(=O)CNc3nnc(SCc4cccc5ccccc45)s3)c2)CC1. The number of thioether (sulfide) groups is 1. The van der Waals surface area contributed by atoms with Crippen LogP contribution < -0.4 is 5.32 Å². The highest BCUT2D eigenvalue weighted by Gasteiger charge is 2.28. The summed E-state index contributed by atoms with van der Waals surface area (Å²) >= 11 is 3.00. The molecule has 5 rings (SSSR count). The van der Waals surface area contributed by atoms with E-state index in [4.69, 9.17) is 0 Å². The van der Waals surface area contributed by atoms with Crippen molar-refractivity contribution in [3.05, 3.63) is 77.9 Å². The summed E-state index contributed by atoms with van der Waals surface area (Å²) in [6.45, 7) is 3.18. The summed E-state index contributed by atoms with van der Waals surface area (Å²) in [5, 5.41) is 14.4. The highest BCUT2D eigenvalue weighted by molar-refractivity contribution is 8.00. The molecule has 0 unspecified atom stereocenters. The normalized spacial score (nSPS) is 15.2. The standard InChI is InChI=1S/C27H28N4O3S3/c1-19-12-14-31(15-13-19)37(33,34)23-10-5-8-21(16-23)25(32)17-28-26-29-30-27(36-26)35-18-22-9-4-7-20-6-2-3-11-24(20)22/h2-11,16,19H,12-15,17-18H2,1H3,(H,28,29). The zero-order chi connectivity index (χ0) is 25.8. The van der Waals surface area contributed by atoms with E-state index in [1.807, 2.05) is 12.1 Å². The van der Waals surface area contributed by atoms with Gasteiger partial charge in [-0.3, -0.25) is 4.79 Å². The molecular weight excluding hydrogens is 525 g/mol. The van der Waals surface area contributed by atoms with Crippen LogP contribution in [0.3, 0.4) is 0 Å². The summed E-state index contributed by atoms with van der Waals surface area (Å²) < 4.78 is 28.5. The molecule has 1 aromatic heterocycles. The molecule has 4 aromatic rings. The largest absolute Gasteiger partial charge is 0.353 e. The van der Waals surface area contributed by atoms with Crippen LogP contribution in [-0.4, -0.2) is 48.3 Å². The van der Waals surface area contributed by atoms with Gasteiger partial charge in [0.25, 0.3) is 0 Å². The minimum absolute atomic E-state index is 0.00729. The van der Waals surface area contributed by atoms with E-state index in [0.717, 1.165) is 22.9 Å². The number of nitrogens with one attached hydrogen (secondary N) is 1. The molecule has 37 heavy (non-hydrogen) atoms. The minimum Gasteiger partial charge on any atom is -0.353 e. The van der Waals surface area contributed by atoms with E-state index in [0.29, 0.717) is 29.7 Å². The molecule has 192 valence electrons. The third-order valence-corrected chi connectivity index (χ3v) is 10.5. The van der Waals surface area contributed by atoms with Gasteiger partial charge in [0.05, 0.1) is 11.4 Å². The second-order valence-corrected chi connectivity index (χ2v) is 13.3. The quantitative estimate of drug-likeness (QED) is 0.210. The van der Waals surface area contributed by atoms with E-state index < -0.39 is 10.0 Å². The van der Waals surface area contributed by atoms with E-state index >= 15 is 0 Å². The molecule has 1 aliphatic rings. The first-order valence-corrected chi connectivity index (χ1v) is 15.4. The second kappa shape index (κ2) is 11.3. The first kappa shape index (κ1) is 25.8. The summed E-state index contributed by atoms with van der Waals surface area (Å²) in [6, 6.07) is 20.9. The highest BCUT2D eigenvalue weighted by Crippen LogP contribution is 2.31. The molecule has 0 saturated carbocycles. The number of rotatable bonds is 9. The maximum Gasteiger partial charge on any atom is 0.243 e. The van der Waals surface area contributed by atoms with Crippen molar-refractivity contribution < 1.29 is 13.2 Å². The average molecular weight is 553 g/mol. The molecule has 10 heteroatoms. The summed E-state index contributed by atoms with van der Waals surface area (Å²) in [5.74, 6) is 1.10. The Morgan fingerprint density at radius 2 is 1.81 bits per heavy atom. The van der Waals surface area contributed by atoms with Crippen LogP contribution >= 0.6 is 23.1 Å². The molecule has 0 bridgehead atoms. The lowest BCUT2D eigenvalue weighted by atomic mass is 10.0. The average Bonchev–Trinajstić information content (AvgIpc) is 3.38. The van der Waals surface area contributed by atoms with Gasteiger partial charge in [-0.25, -0.2) is 8.42 Å². The van der Waals surface area contributed by atoms with Crippen molar-refractivity contribution >= 4 is 54.8 Å². The topological polar surface area (TPSA) is 92.3 Å². The third kappa shape index (κ3) is 6.04. The lowest BCUT2D eigenvalue weighted by molar-refractivity contribution is 0.101. The molecule has 1 saturated heterocycles. The molecule has 7 nitrogen and oxygen atoms in total. The van der Waals surface area contributed by atoms with Crippen LogP contribution in [0.1, 0.15) is 35.7 Å². The molecule has 1 N–H and O–H groups in total. The van der Waals surface area contributed by atoms with Crippen molar-refractivity contribution in [2.24, 2.45) is 5.92 Å². The fourth-order valence-corrected chi connectivity index (χ4v) is 7.63. The molecule has 0 aliphatic carbocycles. The number of aromatic nitrogens is 2. The number of benzene rings is 3. The maximum absolute atomic E-state index is 13.1. The molecule has 1 aliphatic heterocycles. The van der Waals surface area contributed by atoms with Crippen LogP contribution in [0.5, 0.6) is 0 Å². The van der Waals surface area contributed by atoms with Crippen LogP contribution in [0.2, 0.25) is 0 Å². The number of hydrogen-bond donors (Lipinski definition) is 1. The van der Waals surface area contributed by atoms with Crippen LogP contribution in [0.15, 0.2) is 76.0 Å². The number of sulfonamides is 1. The zero-order valence-electron chi connectivity index (χ0n) is 20.5. The number of ketones is 1. The molecule has 0 spiro atoms. The predicted molar refractivity (Wildman–Crippen MR) is 150 cm³/mol. The Balaban J connectivity index is 1.19. The summed E-state index contributed by atoms with van der Waals surface area (Å²) in [7, 11) is -3.61. The van der Waals surface area contributed by atoms with Gasteiger partial charge in [-0.2, -0.15) is 4.31 Å². The number of nitrogens with zero attached hydrogens (tertiary/aromatic N) is 3. The molecule has 0 radical (unpaired) electrons. The van der Waals surface area contributed by atoms with Gasteiger partial charge in [-0.15, -0.1) is 10.2 Å². The van der Waals surface area contributed by atoms with Crippen LogP contribution in [0.25, 0.3) is 10.8 Å². The Bertz CT molecular complexity index is 1510. The zero-order valence-corrected chi connectivity index (χ0v) is 22.9. The number of fused-ring (bicyclic) bond motifs is 1. The molecule has 0 amide bonds. The van der Waals surface area contributed by atoms with Gasteiger partial charge in [-0.05, 0) is 47.2 Å². The van der Waals surface area contributed by atoms with E-state index in [1.54, 1.807) is 30.0 Å². The van der Waals surface area contributed by atoms with Crippen LogP contribution in [0.4, 0.5) is 5.13 Å². The molecule has 2 heterocycles. The number of hydrogen-bond acceptors (Lipinski definition) is 8. The van der Waals surface area contributed by atoms with Gasteiger partial charge >= 0.3 is 0 Å². The Kier molecular flexibility index (Phi) is 7.89. The Morgan fingerprint density at radius 3 is 2.65 bits per heavy atom. The van der Waals surface area contributed by atoms with E-state index in [1.165, 1.54) is 38.0 Å². The van der Waals surface area contributed by atoms with Crippen molar-refractivity contribution in [1.29, 1.82) is 0 Å². The number of carbonyl (C=O) groups is 1. The van der Waals surface area contributed by atoms with Crippen molar-refractivity contribution in [2.75, 3.05) is 25.0 Å². The first-order chi connectivity index (χ1) is 17.9. The van der Waals surface area contributed by atoms with Gasteiger partial charge in [0.15, 0.2) is 10.1 Å². The lowest BCUT2D eigenvalue weighted by Gasteiger charge is -2.29. The smallest absolute Gasteiger partial charge is 0.243 e. The second-order valence-electron chi connectivity index (χ2n) is 9.19. The van der Waals surface area contributed by atoms with Gasteiger partial charge in [-0.1, -0.05) is 84.6 Å². The van der Waals surface area contributed by atoms with Crippen LogP contribution in [0, 0.1) is 5.92 Å². The minimum atomic E-state index is -3.61. The van der Waals surface area contributed by atoms with Crippen molar-refractivity contribution in [3.8, 4) is 0 Å². The Morgan fingerprint density at radius 1 is 1.05 bits per heavy atom. The van der Waals surface area contributed by atoms with Crippen molar-refractivity contribution in [2.45, 2.75) is 34.8 Å². The van der Waals surface area contributed by atoms with E-state index in [9.17, 15) is 13.2 Å². The van der Waals surface area contributed by atoms with Gasteiger partial charge in [0.1, 0.15) is 0 Å². The van der Waals surface area contributed by atoms with Gasteiger partial charge < -0.3 is 5.32 Å². The number of carbonyl (C=O) groups excluding carboxylic acids is 1. The van der Waals surface area contributed by atoms with Gasteiger partial charge in [0, 0.05) is 24.4 Å². The molecular formula is C27H28N4O3S3. The highest BCUT2D eigenvalue weighted by atomic mass is 32.2. The third-order valence-electron chi connectivity index (χ3n) is 6.57. The van der Waals surface area contributed by atoms with Crippen molar-refractivity contribution in [3.63, 3.8) is 0 Å². The number of Topliss-reactive ketones (excluding diaryl/α,β-unsaturated/α-hetero) is 1. The molecule has 1 fully saturated rings. The fourth-order valence-electron chi connectivity index (χ4n) is 4.36. The Hall–Kier alpha value is -2.79. The fraction of sp³-hybridized carbons (Fsp3) is 0.296. The van der Waals surface area contributed by atoms with Crippen molar-refractivity contribution in [1.82, 2.24) is 14.5 Å². The van der Waals surface area contributed by atoms with E-state index in [-0.39, 0.29) is 17.2 Å². The first-order valence-electron chi connectivity index (χ1n) is 12.2. The van der Waals surface area contributed by atoms with Gasteiger partial charge in [0.2, 0.25) is 15.2 Å². The number of anilines is 1. The number of piperidine rings is 1. The monoisotopic (exact) mass is 552 g/mol. The molecule has 3 aromatic carbocycles. The predicted octanol–water partition coefficient (Wildman–Crippen LogP) is 5.70. The van der Waals surface area contributed by atoms with Crippen LogP contribution in [-0.2, 0) is 15.8 Å². The summed E-state index contributed by atoms with van der Waals surface area (Å²) in [5.41, 5.74) is 1.59. The Labute approximate surface area is 225 Å². The lowest BCUT2D eigenvalue weighted by Crippen LogP contribution is -2.37. The van der Waals surface area contributed by atoms with E-state index in [2.05, 4.69) is 52.8 Å². The summed E-state index contributed by atoms with van der Waals surface area (Å²) in [4.78, 5) is 13.0. The molecule has 0 atom stereocenters. The summed E-state index contributed by atoms with van der Waals surface area (Å²) in [6.07, 6.45) is 1.71.